The van der Waals surface area contributed by atoms with Crippen molar-refractivity contribution < 1.29 is 24.9 Å². The smallest absolute Gasteiger partial charge is 0.332 e. The molecule has 1 aromatic carbocycles. The molecule has 0 saturated heterocycles. The van der Waals surface area contributed by atoms with Gasteiger partial charge in [0.05, 0.1) is 12.7 Å². The van der Waals surface area contributed by atoms with Crippen LogP contribution in [0.5, 0.6) is 5.75 Å². The summed E-state index contributed by atoms with van der Waals surface area (Å²) in [7, 11) is 5.81. The summed E-state index contributed by atoms with van der Waals surface area (Å²) in [6, 6.07) is 7.90. The van der Waals surface area contributed by atoms with E-state index in [1.54, 1.807) is 7.11 Å². The maximum atomic E-state index is 11.2. The minimum absolute atomic E-state index is 0.295. The summed E-state index contributed by atoms with van der Waals surface area (Å²) in [5, 5.41) is 27.0. The third-order valence-electron chi connectivity index (χ3n) is 4.55. The predicted octanol–water partition coefficient (Wildman–Crippen LogP) is 2.09. The van der Waals surface area contributed by atoms with Crippen LogP contribution in [0.25, 0.3) is 0 Å². The number of carbonyl (C=O) groups is 1. The number of carboxylic acids is 1. The van der Waals surface area contributed by atoms with Gasteiger partial charge in [-0.25, -0.2) is 4.79 Å². The zero-order chi connectivity index (χ0) is 19.0. The van der Waals surface area contributed by atoms with Crippen LogP contribution in [0.2, 0.25) is 0 Å². The van der Waals surface area contributed by atoms with Gasteiger partial charge >= 0.3 is 5.97 Å². The summed E-state index contributed by atoms with van der Waals surface area (Å²) < 4.78 is 5.29. The third-order valence-corrected chi connectivity index (χ3v) is 4.55. The summed E-state index contributed by atoms with van der Waals surface area (Å²) in [5.41, 5.74) is 0.287. The molecule has 1 unspecified atom stereocenters. The highest BCUT2D eigenvalue weighted by molar-refractivity contribution is 5.71. The van der Waals surface area contributed by atoms with E-state index < -0.39 is 17.7 Å². The molecule has 1 aliphatic rings. The quantitative estimate of drug-likeness (QED) is 0.751. The number of hydrogen-bond acceptors (Lipinski definition) is 5. The van der Waals surface area contributed by atoms with Crippen LogP contribution in [0, 0.1) is 5.92 Å². The van der Waals surface area contributed by atoms with Gasteiger partial charge in [0.2, 0.25) is 0 Å². The van der Waals surface area contributed by atoms with Crippen LogP contribution < -0.4 is 4.74 Å². The van der Waals surface area contributed by atoms with Crippen LogP contribution >= 0.6 is 0 Å². The van der Waals surface area contributed by atoms with Gasteiger partial charge in [0.1, 0.15) is 11.9 Å². The van der Waals surface area contributed by atoms with Crippen molar-refractivity contribution in [1.29, 1.82) is 0 Å². The molecule has 25 heavy (non-hydrogen) atoms. The summed E-state index contributed by atoms with van der Waals surface area (Å²) in [5.74, 6) is -0.0709. The number of nitrogens with zero attached hydrogens (tertiary/aromatic N) is 1. The Balaban J connectivity index is 0.000000450. The minimum atomic E-state index is -1.23. The number of carboxylic acid groups (broad SMARTS) is 1. The average Bonchev–Trinajstić information content (AvgIpc) is 2.57. The van der Waals surface area contributed by atoms with Gasteiger partial charge in [-0.05, 0) is 51.6 Å². The predicted molar refractivity (Wildman–Crippen MR) is 96.7 cm³/mol. The molecule has 1 aliphatic carbocycles. The molecule has 0 amide bonds. The number of methoxy groups -OCH3 is 1. The summed E-state index contributed by atoms with van der Waals surface area (Å²) in [6.07, 6.45) is 3.01. The lowest BCUT2D eigenvalue weighted by molar-refractivity contribution is -0.145. The Morgan fingerprint density at radius 2 is 2.04 bits per heavy atom. The Hall–Kier alpha value is -1.63. The summed E-state index contributed by atoms with van der Waals surface area (Å²) in [6.45, 7) is 2.12. The van der Waals surface area contributed by atoms with Crippen molar-refractivity contribution in [3.63, 3.8) is 0 Å². The number of rotatable bonds is 5. The van der Waals surface area contributed by atoms with E-state index in [2.05, 4.69) is 19.0 Å². The Morgan fingerprint density at radius 3 is 2.56 bits per heavy atom. The first-order chi connectivity index (χ1) is 11.7. The van der Waals surface area contributed by atoms with Crippen molar-refractivity contribution in [2.45, 2.75) is 44.3 Å². The van der Waals surface area contributed by atoms with Crippen LogP contribution in [0.1, 0.15) is 38.2 Å². The maximum absolute atomic E-state index is 11.2. The van der Waals surface area contributed by atoms with Crippen LogP contribution in [-0.4, -0.2) is 60.0 Å². The third kappa shape index (κ3) is 6.30. The molecule has 0 heterocycles. The van der Waals surface area contributed by atoms with Gasteiger partial charge in [-0.3, -0.25) is 0 Å². The van der Waals surface area contributed by atoms with Gasteiger partial charge in [0, 0.05) is 12.5 Å². The van der Waals surface area contributed by atoms with Crippen LogP contribution in [0.15, 0.2) is 24.3 Å². The van der Waals surface area contributed by atoms with Gasteiger partial charge in [0.25, 0.3) is 0 Å². The molecule has 2 rings (SSSR count). The molecule has 6 heteroatoms. The molecule has 0 radical (unpaired) electrons. The number of aliphatic hydroxyl groups is 2. The van der Waals surface area contributed by atoms with E-state index in [0.717, 1.165) is 37.1 Å². The van der Waals surface area contributed by atoms with Gasteiger partial charge < -0.3 is 25.0 Å². The van der Waals surface area contributed by atoms with Gasteiger partial charge in [-0.2, -0.15) is 0 Å². The average molecular weight is 353 g/mol. The van der Waals surface area contributed by atoms with E-state index in [0.29, 0.717) is 5.92 Å². The second-order valence-corrected chi connectivity index (χ2v) is 6.88. The Bertz CT molecular complexity index is 546. The Labute approximate surface area is 150 Å². The standard InChI is InChI=1S/C16H25NO2.C3H6O3/c1-17(2)12-14-7-4-5-10-16(14,18)13-8-6-9-15(11-13)19-3;1-2(4)3(5)6/h6,8-9,11,14,18H,4-5,7,10,12H2,1-3H3;2,4H,1H3,(H,5,6)/t14-,16+;/m1./s1. The zero-order valence-electron chi connectivity index (χ0n) is 15.6. The molecule has 6 nitrogen and oxygen atoms in total. The molecular formula is C19H31NO5. The van der Waals surface area contributed by atoms with Crippen molar-refractivity contribution >= 4 is 5.97 Å². The SMILES string of the molecule is CC(O)C(=O)O.COc1cccc([C@@]2(O)CCCC[C@@H]2CN(C)C)c1. The monoisotopic (exact) mass is 353 g/mol. The number of aliphatic hydroxyl groups excluding tert-OH is 1. The van der Waals surface area contributed by atoms with Crippen LogP contribution in [0.3, 0.4) is 0 Å². The number of benzene rings is 1. The first kappa shape index (κ1) is 21.4. The van der Waals surface area contributed by atoms with Crippen LogP contribution in [-0.2, 0) is 10.4 Å². The van der Waals surface area contributed by atoms with Crippen LogP contribution in [0.4, 0.5) is 0 Å². The molecule has 3 N–H and O–H groups in total. The fourth-order valence-electron chi connectivity index (χ4n) is 3.18. The molecule has 1 fully saturated rings. The van der Waals surface area contributed by atoms with Crippen molar-refractivity contribution in [3.8, 4) is 5.75 Å². The molecule has 1 aromatic rings. The normalized spacial score (nSPS) is 24.2. The fraction of sp³-hybridized carbons (Fsp3) is 0.632. The number of aliphatic carboxylic acids is 1. The topological polar surface area (TPSA) is 90.2 Å². The molecule has 0 bridgehead atoms. The second kappa shape index (κ2) is 9.75. The molecule has 0 aliphatic heterocycles. The van der Waals surface area contributed by atoms with Crippen molar-refractivity contribution in [3.05, 3.63) is 29.8 Å². The maximum Gasteiger partial charge on any atom is 0.332 e. The lowest BCUT2D eigenvalue weighted by Crippen LogP contribution is -2.43. The Morgan fingerprint density at radius 1 is 1.40 bits per heavy atom. The first-order valence-electron chi connectivity index (χ1n) is 8.63. The van der Waals surface area contributed by atoms with Gasteiger partial charge in [0.15, 0.2) is 0 Å². The molecule has 0 spiro atoms. The zero-order valence-corrected chi connectivity index (χ0v) is 15.6. The molecule has 1 saturated carbocycles. The summed E-state index contributed by atoms with van der Waals surface area (Å²) >= 11 is 0. The molecule has 3 atom stereocenters. The number of ether oxygens (including phenoxy) is 1. The fourth-order valence-corrected chi connectivity index (χ4v) is 3.18. The van der Waals surface area contributed by atoms with Crippen molar-refractivity contribution in [2.24, 2.45) is 5.92 Å². The van der Waals surface area contributed by atoms with E-state index in [4.69, 9.17) is 14.9 Å². The lowest BCUT2D eigenvalue weighted by Gasteiger charge is -2.41. The highest BCUT2D eigenvalue weighted by Crippen LogP contribution is 2.42. The van der Waals surface area contributed by atoms with E-state index in [-0.39, 0.29) is 0 Å². The summed E-state index contributed by atoms with van der Waals surface area (Å²) in [4.78, 5) is 11.6. The largest absolute Gasteiger partial charge is 0.497 e. The Kier molecular flexibility index (Phi) is 8.35. The van der Waals surface area contributed by atoms with Crippen molar-refractivity contribution in [2.75, 3.05) is 27.7 Å². The highest BCUT2D eigenvalue weighted by Gasteiger charge is 2.40. The van der Waals surface area contributed by atoms with E-state index in [9.17, 15) is 9.90 Å². The highest BCUT2D eigenvalue weighted by atomic mass is 16.5. The molecule has 0 aromatic heterocycles. The first-order valence-corrected chi connectivity index (χ1v) is 8.63. The van der Waals surface area contributed by atoms with Crippen molar-refractivity contribution in [1.82, 2.24) is 4.90 Å². The second-order valence-electron chi connectivity index (χ2n) is 6.88. The number of hydrogen-bond donors (Lipinski definition) is 3. The lowest BCUT2D eigenvalue weighted by atomic mass is 9.71. The molecular weight excluding hydrogens is 322 g/mol. The minimum Gasteiger partial charge on any atom is -0.497 e. The van der Waals surface area contributed by atoms with E-state index in [1.165, 1.54) is 13.3 Å². The molecule has 142 valence electrons. The van der Waals surface area contributed by atoms with Gasteiger partial charge in [-0.15, -0.1) is 0 Å². The van der Waals surface area contributed by atoms with Gasteiger partial charge in [-0.1, -0.05) is 25.0 Å². The van der Waals surface area contributed by atoms with E-state index >= 15 is 0 Å². The van der Waals surface area contributed by atoms with E-state index in [1.807, 2.05) is 24.3 Å².